The SMILES string of the molecule is CCNC(=NCc1ccc(OCC(F)(F)F)c(OC)c1)NCC1(CCO)CCOC1. The van der Waals surface area contributed by atoms with Crippen LogP contribution >= 0.6 is 0 Å². The average molecular weight is 433 g/mol. The number of ether oxygens (including phenoxy) is 3. The Hall–Kier alpha value is -2.20. The van der Waals surface area contributed by atoms with Crippen LogP contribution in [-0.4, -0.2) is 63.9 Å². The first-order valence-electron chi connectivity index (χ1n) is 9.88. The van der Waals surface area contributed by atoms with Crippen LogP contribution < -0.4 is 20.1 Å². The Morgan fingerprint density at radius 1 is 1.30 bits per heavy atom. The molecule has 1 saturated heterocycles. The molecule has 7 nitrogen and oxygen atoms in total. The van der Waals surface area contributed by atoms with Gasteiger partial charge in [-0.25, -0.2) is 4.99 Å². The molecular weight excluding hydrogens is 403 g/mol. The molecule has 0 aliphatic carbocycles. The van der Waals surface area contributed by atoms with Gasteiger partial charge in [0.2, 0.25) is 0 Å². The van der Waals surface area contributed by atoms with Crippen LogP contribution in [0, 0.1) is 5.41 Å². The highest BCUT2D eigenvalue weighted by Gasteiger charge is 2.34. The lowest BCUT2D eigenvalue weighted by atomic mass is 9.84. The van der Waals surface area contributed by atoms with Crippen molar-refractivity contribution in [3.05, 3.63) is 23.8 Å². The molecule has 1 fully saturated rings. The lowest BCUT2D eigenvalue weighted by molar-refractivity contribution is -0.153. The largest absolute Gasteiger partial charge is 0.493 e. The fourth-order valence-corrected chi connectivity index (χ4v) is 3.18. The zero-order valence-corrected chi connectivity index (χ0v) is 17.3. The molecule has 0 bridgehead atoms. The van der Waals surface area contributed by atoms with E-state index in [-0.39, 0.29) is 23.5 Å². The van der Waals surface area contributed by atoms with E-state index in [4.69, 9.17) is 14.2 Å². The van der Waals surface area contributed by atoms with Gasteiger partial charge in [-0.1, -0.05) is 6.07 Å². The summed E-state index contributed by atoms with van der Waals surface area (Å²) in [6, 6.07) is 4.71. The number of hydrogen-bond donors (Lipinski definition) is 3. The lowest BCUT2D eigenvalue weighted by Gasteiger charge is -2.27. The van der Waals surface area contributed by atoms with Crippen molar-refractivity contribution >= 4 is 5.96 Å². The van der Waals surface area contributed by atoms with Crippen molar-refractivity contribution in [3.8, 4) is 11.5 Å². The number of aliphatic hydroxyl groups is 1. The van der Waals surface area contributed by atoms with Gasteiger partial charge in [0.1, 0.15) is 0 Å². The highest BCUT2D eigenvalue weighted by atomic mass is 19.4. The van der Waals surface area contributed by atoms with Crippen LogP contribution in [-0.2, 0) is 11.3 Å². The van der Waals surface area contributed by atoms with Gasteiger partial charge < -0.3 is 30.0 Å². The highest BCUT2D eigenvalue weighted by molar-refractivity contribution is 5.79. The van der Waals surface area contributed by atoms with E-state index in [1.165, 1.54) is 13.2 Å². The Morgan fingerprint density at radius 3 is 2.70 bits per heavy atom. The summed E-state index contributed by atoms with van der Waals surface area (Å²) in [4.78, 5) is 4.54. The quantitative estimate of drug-likeness (QED) is 0.388. The van der Waals surface area contributed by atoms with Crippen LogP contribution in [0.15, 0.2) is 23.2 Å². The normalized spacial score (nSPS) is 19.6. The topological polar surface area (TPSA) is 84.3 Å². The highest BCUT2D eigenvalue weighted by Crippen LogP contribution is 2.32. The predicted octanol–water partition coefficient (Wildman–Crippen LogP) is 2.48. The van der Waals surface area contributed by atoms with Crippen molar-refractivity contribution in [1.29, 1.82) is 0 Å². The minimum atomic E-state index is -4.42. The number of aliphatic hydroxyl groups excluding tert-OH is 1. The summed E-state index contributed by atoms with van der Waals surface area (Å²) in [6.07, 6.45) is -2.90. The Balaban J connectivity index is 2.02. The maximum Gasteiger partial charge on any atom is 0.422 e. The minimum Gasteiger partial charge on any atom is -0.493 e. The summed E-state index contributed by atoms with van der Waals surface area (Å²) in [6.45, 7) is 3.53. The molecule has 0 spiro atoms. The number of benzene rings is 1. The molecule has 0 radical (unpaired) electrons. The van der Waals surface area contributed by atoms with E-state index in [9.17, 15) is 18.3 Å². The molecule has 1 aromatic rings. The van der Waals surface area contributed by atoms with Crippen molar-refractivity contribution in [2.75, 3.05) is 46.6 Å². The molecule has 1 atom stereocenters. The monoisotopic (exact) mass is 433 g/mol. The minimum absolute atomic E-state index is 0.0276. The molecule has 0 saturated carbocycles. The van der Waals surface area contributed by atoms with Crippen LogP contribution in [0.2, 0.25) is 0 Å². The van der Waals surface area contributed by atoms with Gasteiger partial charge in [-0.05, 0) is 37.5 Å². The molecule has 1 aromatic carbocycles. The van der Waals surface area contributed by atoms with E-state index < -0.39 is 12.8 Å². The van der Waals surface area contributed by atoms with Crippen molar-refractivity contribution in [2.24, 2.45) is 10.4 Å². The number of guanidine groups is 1. The van der Waals surface area contributed by atoms with Crippen LogP contribution in [0.25, 0.3) is 0 Å². The number of nitrogens with zero attached hydrogens (tertiary/aromatic N) is 1. The van der Waals surface area contributed by atoms with Gasteiger partial charge in [0.25, 0.3) is 0 Å². The molecule has 1 aliphatic heterocycles. The number of rotatable bonds is 10. The molecule has 0 aromatic heterocycles. The number of hydrogen-bond acceptors (Lipinski definition) is 5. The van der Waals surface area contributed by atoms with Gasteiger partial charge in [0.05, 0.1) is 20.3 Å². The number of alkyl halides is 3. The fourth-order valence-electron chi connectivity index (χ4n) is 3.18. The first kappa shape index (κ1) is 24.1. The second-order valence-corrected chi connectivity index (χ2v) is 7.21. The first-order chi connectivity index (χ1) is 14.3. The Labute approximate surface area is 174 Å². The maximum absolute atomic E-state index is 12.4. The third-order valence-electron chi connectivity index (χ3n) is 4.84. The van der Waals surface area contributed by atoms with Crippen molar-refractivity contribution in [3.63, 3.8) is 0 Å². The van der Waals surface area contributed by atoms with Gasteiger partial charge in [-0.15, -0.1) is 0 Å². The molecule has 10 heteroatoms. The van der Waals surface area contributed by atoms with Crippen LogP contribution in [0.1, 0.15) is 25.3 Å². The summed E-state index contributed by atoms with van der Waals surface area (Å²) < 4.78 is 52.6. The number of aliphatic imine (C=N–C) groups is 1. The van der Waals surface area contributed by atoms with Crippen molar-refractivity contribution in [2.45, 2.75) is 32.5 Å². The first-order valence-corrected chi connectivity index (χ1v) is 9.88. The molecule has 0 amide bonds. The van der Waals surface area contributed by atoms with Gasteiger partial charge in [-0.3, -0.25) is 0 Å². The zero-order valence-electron chi connectivity index (χ0n) is 17.3. The van der Waals surface area contributed by atoms with Crippen molar-refractivity contribution < 1.29 is 32.5 Å². The molecular formula is C20H30F3N3O4. The van der Waals surface area contributed by atoms with Gasteiger partial charge in [-0.2, -0.15) is 13.2 Å². The predicted molar refractivity (Wildman–Crippen MR) is 107 cm³/mol. The van der Waals surface area contributed by atoms with E-state index in [0.717, 1.165) is 12.0 Å². The molecule has 1 aliphatic rings. The molecule has 1 heterocycles. The Kier molecular flexibility index (Phi) is 9.04. The average Bonchev–Trinajstić information content (AvgIpc) is 3.17. The second-order valence-electron chi connectivity index (χ2n) is 7.21. The number of halogens is 3. The van der Waals surface area contributed by atoms with Crippen LogP contribution in [0.4, 0.5) is 13.2 Å². The standard InChI is InChI=1S/C20H30F3N3O4/c1-3-24-18(26-12-19(6-8-27)7-9-29-13-19)25-11-15-4-5-16(17(10-15)28-2)30-14-20(21,22)23/h4-5,10,27H,3,6-9,11-14H2,1-2H3,(H2,24,25,26). The van der Waals surface area contributed by atoms with Crippen LogP contribution in [0.5, 0.6) is 11.5 Å². The van der Waals surface area contributed by atoms with Gasteiger partial charge >= 0.3 is 6.18 Å². The van der Waals surface area contributed by atoms with E-state index in [0.29, 0.717) is 45.2 Å². The fraction of sp³-hybridized carbons (Fsp3) is 0.650. The lowest BCUT2D eigenvalue weighted by Crippen LogP contribution is -2.44. The number of methoxy groups -OCH3 is 1. The third kappa shape index (κ3) is 7.56. The molecule has 170 valence electrons. The summed E-state index contributed by atoms with van der Waals surface area (Å²) >= 11 is 0. The number of nitrogens with one attached hydrogen (secondary N) is 2. The van der Waals surface area contributed by atoms with Gasteiger partial charge in [0, 0.05) is 31.7 Å². The van der Waals surface area contributed by atoms with E-state index in [1.54, 1.807) is 12.1 Å². The zero-order chi connectivity index (χ0) is 22.0. The van der Waals surface area contributed by atoms with Crippen LogP contribution in [0.3, 0.4) is 0 Å². The van der Waals surface area contributed by atoms with E-state index >= 15 is 0 Å². The smallest absolute Gasteiger partial charge is 0.422 e. The third-order valence-corrected chi connectivity index (χ3v) is 4.84. The summed E-state index contributed by atoms with van der Waals surface area (Å²) in [7, 11) is 1.37. The second kappa shape index (κ2) is 11.3. The molecule has 2 rings (SSSR count). The summed E-state index contributed by atoms with van der Waals surface area (Å²) in [5.74, 6) is 0.854. The molecule has 1 unspecified atom stereocenters. The summed E-state index contributed by atoms with van der Waals surface area (Å²) in [5.41, 5.74) is 0.642. The summed E-state index contributed by atoms with van der Waals surface area (Å²) in [5, 5.41) is 15.8. The van der Waals surface area contributed by atoms with Crippen molar-refractivity contribution in [1.82, 2.24) is 10.6 Å². The van der Waals surface area contributed by atoms with E-state index in [2.05, 4.69) is 15.6 Å². The van der Waals surface area contributed by atoms with E-state index in [1.807, 2.05) is 6.92 Å². The maximum atomic E-state index is 12.4. The van der Waals surface area contributed by atoms with Gasteiger partial charge in [0.15, 0.2) is 24.1 Å². The molecule has 30 heavy (non-hydrogen) atoms. The Bertz CT molecular complexity index is 692. The Morgan fingerprint density at radius 2 is 2.10 bits per heavy atom. The molecule has 3 N–H and O–H groups in total.